The van der Waals surface area contributed by atoms with Crippen LogP contribution in [0.4, 0.5) is 4.39 Å². The predicted octanol–water partition coefficient (Wildman–Crippen LogP) is 4.05. The van der Waals surface area contributed by atoms with Crippen LogP contribution in [0.15, 0.2) is 29.8 Å². The zero-order valence-electron chi connectivity index (χ0n) is 11.4. The maximum absolute atomic E-state index is 13.2. The summed E-state index contributed by atoms with van der Waals surface area (Å²) in [5.41, 5.74) is 2.36. The van der Waals surface area contributed by atoms with Crippen LogP contribution in [-0.2, 0) is 5.41 Å². The van der Waals surface area contributed by atoms with E-state index in [2.05, 4.69) is 16.9 Å². The fourth-order valence-corrected chi connectivity index (χ4v) is 3.43. The molecule has 3 aromatic rings. The number of H-pyrrole nitrogens is 1. The van der Waals surface area contributed by atoms with E-state index in [-0.39, 0.29) is 17.0 Å². The molecule has 0 radical (unpaired) electrons. The molecule has 5 heteroatoms. The van der Waals surface area contributed by atoms with E-state index >= 15 is 0 Å². The van der Waals surface area contributed by atoms with Crippen molar-refractivity contribution in [2.75, 3.05) is 0 Å². The highest BCUT2D eigenvalue weighted by Crippen LogP contribution is 2.47. The molecule has 1 aliphatic carbocycles. The Morgan fingerprint density at radius 3 is 3.00 bits per heavy atom. The zero-order chi connectivity index (χ0) is 14.6. The van der Waals surface area contributed by atoms with Gasteiger partial charge in [-0.3, -0.25) is 4.79 Å². The summed E-state index contributed by atoms with van der Waals surface area (Å²) in [5.74, 6) is -0.421. The summed E-state index contributed by atoms with van der Waals surface area (Å²) in [6.07, 6.45) is 3.90. The van der Waals surface area contributed by atoms with Crippen molar-refractivity contribution in [3.63, 3.8) is 0 Å². The van der Waals surface area contributed by atoms with Gasteiger partial charge >= 0.3 is 0 Å². The highest BCUT2D eigenvalue weighted by Gasteiger charge is 2.41. The van der Waals surface area contributed by atoms with Gasteiger partial charge in [0.2, 0.25) is 5.78 Å². The molecule has 0 spiro atoms. The zero-order valence-corrected chi connectivity index (χ0v) is 12.3. The summed E-state index contributed by atoms with van der Waals surface area (Å²) < 4.78 is 13.2. The summed E-state index contributed by atoms with van der Waals surface area (Å²) in [7, 11) is 0. The third-order valence-corrected chi connectivity index (χ3v) is 5.05. The molecule has 0 saturated heterocycles. The molecule has 1 aliphatic rings. The molecule has 4 rings (SSSR count). The van der Waals surface area contributed by atoms with Gasteiger partial charge < -0.3 is 4.98 Å². The second-order valence-electron chi connectivity index (χ2n) is 5.82. The van der Waals surface area contributed by atoms with Crippen LogP contribution in [0.5, 0.6) is 0 Å². The van der Waals surface area contributed by atoms with Gasteiger partial charge in [-0.1, -0.05) is 6.92 Å². The van der Waals surface area contributed by atoms with Crippen molar-refractivity contribution in [3.05, 3.63) is 51.9 Å². The Morgan fingerprint density at radius 1 is 1.43 bits per heavy atom. The maximum atomic E-state index is 13.2. The Labute approximate surface area is 124 Å². The number of carbonyl (C=O) groups excluding carboxylic acids is 1. The summed E-state index contributed by atoms with van der Waals surface area (Å²) in [6.45, 7) is 2.17. The third kappa shape index (κ3) is 2.00. The SMILES string of the molecule is CC1(c2csc(C(=O)c3c[nH]c4cc(F)ccc34)n2)CC1. The van der Waals surface area contributed by atoms with Crippen LogP contribution < -0.4 is 0 Å². The van der Waals surface area contributed by atoms with Crippen LogP contribution in [0.3, 0.4) is 0 Å². The molecular weight excluding hydrogens is 287 g/mol. The van der Waals surface area contributed by atoms with Crippen molar-refractivity contribution in [1.29, 1.82) is 0 Å². The summed E-state index contributed by atoms with van der Waals surface area (Å²) in [4.78, 5) is 20.1. The molecule has 0 atom stereocenters. The normalized spacial score (nSPS) is 16.3. The van der Waals surface area contributed by atoms with E-state index in [0.717, 1.165) is 23.9 Å². The number of carbonyl (C=O) groups is 1. The molecule has 106 valence electrons. The predicted molar refractivity (Wildman–Crippen MR) is 80.4 cm³/mol. The number of rotatable bonds is 3. The van der Waals surface area contributed by atoms with E-state index < -0.39 is 0 Å². The van der Waals surface area contributed by atoms with Crippen molar-refractivity contribution in [2.45, 2.75) is 25.2 Å². The number of hydrogen-bond acceptors (Lipinski definition) is 3. The van der Waals surface area contributed by atoms with E-state index in [1.165, 1.54) is 23.5 Å². The first-order valence-corrected chi connectivity index (χ1v) is 7.72. The minimum atomic E-state index is -0.318. The lowest BCUT2D eigenvalue weighted by atomic mass is 10.1. The first-order chi connectivity index (χ1) is 10.1. The van der Waals surface area contributed by atoms with Crippen LogP contribution >= 0.6 is 11.3 Å². The van der Waals surface area contributed by atoms with Gasteiger partial charge in [0.25, 0.3) is 0 Å². The molecule has 1 fully saturated rings. The number of benzene rings is 1. The lowest BCUT2D eigenvalue weighted by Gasteiger charge is -2.01. The number of nitrogens with one attached hydrogen (secondary N) is 1. The largest absolute Gasteiger partial charge is 0.360 e. The van der Waals surface area contributed by atoms with Crippen LogP contribution in [0, 0.1) is 5.82 Å². The molecule has 1 N–H and O–H groups in total. The van der Waals surface area contributed by atoms with E-state index in [1.807, 2.05) is 5.38 Å². The number of hydrogen-bond donors (Lipinski definition) is 1. The van der Waals surface area contributed by atoms with Gasteiger partial charge in [-0.2, -0.15) is 0 Å². The van der Waals surface area contributed by atoms with Gasteiger partial charge in [0, 0.05) is 27.9 Å². The van der Waals surface area contributed by atoms with Crippen molar-refractivity contribution in [3.8, 4) is 0 Å². The van der Waals surface area contributed by atoms with Crippen LogP contribution in [-0.4, -0.2) is 15.8 Å². The molecule has 0 aliphatic heterocycles. The first kappa shape index (κ1) is 12.7. The number of fused-ring (bicyclic) bond motifs is 1. The number of aromatic amines is 1. The number of aromatic nitrogens is 2. The van der Waals surface area contributed by atoms with Gasteiger partial charge in [-0.05, 0) is 31.0 Å². The summed E-state index contributed by atoms with van der Waals surface area (Å²) in [5, 5.41) is 3.22. The number of nitrogens with zero attached hydrogens (tertiary/aromatic N) is 1. The Bertz CT molecular complexity index is 860. The maximum Gasteiger partial charge on any atom is 0.223 e. The Balaban J connectivity index is 1.74. The van der Waals surface area contributed by atoms with E-state index in [1.54, 1.807) is 12.3 Å². The minimum absolute atomic E-state index is 0.103. The molecule has 2 aromatic heterocycles. The summed E-state index contributed by atoms with van der Waals surface area (Å²) in [6, 6.07) is 4.39. The van der Waals surface area contributed by atoms with E-state index in [4.69, 9.17) is 0 Å². The third-order valence-electron chi connectivity index (χ3n) is 4.21. The molecule has 0 bridgehead atoms. The van der Waals surface area contributed by atoms with Crippen molar-refractivity contribution < 1.29 is 9.18 Å². The molecule has 0 amide bonds. The average molecular weight is 300 g/mol. The number of halogens is 1. The van der Waals surface area contributed by atoms with E-state index in [9.17, 15) is 9.18 Å². The molecule has 3 nitrogen and oxygen atoms in total. The van der Waals surface area contributed by atoms with Crippen LogP contribution in [0.25, 0.3) is 10.9 Å². The fourth-order valence-electron chi connectivity index (χ4n) is 2.50. The highest BCUT2D eigenvalue weighted by molar-refractivity contribution is 7.12. The monoisotopic (exact) mass is 300 g/mol. The van der Waals surface area contributed by atoms with Gasteiger partial charge in [0.1, 0.15) is 5.82 Å². The second-order valence-corrected chi connectivity index (χ2v) is 6.68. The molecule has 0 unspecified atom stereocenters. The van der Waals surface area contributed by atoms with E-state index in [0.29, 0.717) is 16.1 Å². The molecule has 2 heterocycles. The second kappa shape index (κ2) is 4.24. The molecule has 1 saturated carbocycles. The van der Waals surface area contributed by atoms with Crippen molar-refractivity contribution in [2.24, 2.45) is 0 Å². The van der Waals surface area contributed by atoms with Gasteiger partial charge in [0.15, 0.2) is 5.01 Å². The van der Waals surface area contributed by atoms with Crippen molar-refractivity contribution in [1.82, 2.24) is 9.97 Å². The standard InChI is InChI=1S/C16H13FN2OS/c1-16(4-5-16)13-8-21-15(19-13)14(20)11-7-18-12-6-9(17)2-3-10(11)12/h2-3,6-8,18H,4-5H2,1H3. The summed E-state index contributed by atoms with van der Waals surface area (Å²) >= 11 is 1.39. The Kier molecular flexibility index (Phi) is 2.57. The smallest absolute Gasteiger partial charge is 0.223 e. The fraction of sp³-hybridized carbons (Fsp3) is 0.250. The topological polar surface area (TPSA) is 45.8 Å². The minimum Gasteiger partial charge on any atom is -0.360 e. The molecular formula is C16H13FN2OS. The molecule has 1 aromatic carbocycles. The van der Waals surface area contributed by atoms with Gasteiger partial charge in [-0.25, -0.2) is 9.37 Å². The number of ketones is 1. The Hall–Kier alpha value is -2.01. The first-order valence-electron chi connectivity index (χ1n) is 6.84. The molecule has 21 heavy (non-hydrogen) atoms. The van der Waals surface area contributed by atoms with Gasteiger partial charge in [0.05, 0.1) is 11.3 Å². The number of thiazole rings is 1. The lowest BCUT2D eigenvalue weighted by molar-refractivity contribution is 0.103. The Morgan fingerprint density at radius 2 is 2.24 bits per heavy atom. The van der Waals surface area contributed by atoms with Crippen molar-refractivity contribution >= 4 is 28.0 Å². The quantitative estimate of drug-likeness (QED) is 0.742. The van der Waals surface area contributed by atoms with Crippen LogP contribution in [0.2, 0.25) is 0 Å². The van der Waals surface area contributed by atoms with Gasteiger partial charge in [-0.15, -0.1) is 11.3 Å². The highest BCUT2D eigenvalue weighted by atomic mass is 32.1. The lowest BCUT2D eigenvalue weighted by Crippen LogP contribution is -2.04. The average Bonchev–Trinajstić information content (AvgIpc) is 2.94. The van der Waals surface area contributed by atoms with Crippen LogP contribution in [0.1, 0.15) is 40.8 Å².